The second-order valence-corrected chi connectivity index (χ2v) is 26.3. The molecule has 2 saturated carbocycles. The minimum atomic E-state index is -3.34. The summed E-state index contributed by atoms with van der Waals surface area (Å²) in [5, 5.41) is 17.5. The molecule has 0 aromatic heterocycles. The largest absolute Gasteiger partial charge is 0.488 e. The van der Waals surface area contributed by atoms with Crippen molar-refractivity contribution in [3.8, 4) is 11.1 Å². The molecule has 2 heterocycles. The third kappa shape index (κ3) is 9.54. The third-order valence-electron chi connectivity index (χ3n) is 16.3. The van der Waals surface area contributed by atoms with Gasteiger partial charge in [0.05, 0.1) is 22.0 Å². The number of aliphatic imine (C=N–C) groups is 2. The van der Waals surface area contributed by atoms with Gasteiger partial charge in [0.2, 0.25) is 0 Å². The summed E-state index contributed by atoms with van der Waals surface area (Å²) in [5.74, 6) is 0.612. The monoisotopic (exact) mass is 1110 g/mol. The van der Waals surface area contributed by atoms with Crippen molar-refractivity contribution >= 4 is 71.9 Å². The quantitative estimate of drug-likeness (QED) is 0.154. The second-order valence-electron chi connectivity index (χ2n) is 21.4. The van der Waals surface area contributed by atoms with E-state index >= 15 is 0 Å². The normalized spacial score (nSPS) is 27.1. The average Bonchev–Trinajstić information content (AvgIpc) is 3.99. The molecule has 2 atom stereocenters. The fourth-order valence-corrected chi connectivity index (χ4v) is 14.3. The van der Waals surface area contributed by atoms with Crippen molar-refractivity contribution in [2.75, 3.05) is 26.7 Å². The summed E-state index contributed by atoms with van der Waals surface area (Å²) in [5.41, 5.74) is 16.2. The van der Waals surface area contributed by atoms with Crippen LogP contribution in [0.1, 0.15) is 101 Å². The SMILES string of the molecule is COC1CCC2(CC1)Cc1ccc(-c3cccc(S(C)(=O)=O)c3)cc1C21N=C(N)N(C(C)C)C1=O.COC1CCC2(CC1)Cc1ccc(Br)cc1C21N=C(N)N(C(C)C)C1=O.CS(=O)(=O)c1cccc(B(O)O)c1. The Morgan fingerprint density at radius 2 is 1.05 bits per heavy atom. The van der Waals surface area contributed by atoms with E-state index in [4.69, 9.17) is 41.0 Å². The van der Waals surface area contributed by atoms with E-state index in [1.807, 2.05) is 45.9 Å². The molecule has 0 bridgehead atoms. The number of hydrogen-bond acceptors (Lipinski definition) is 14. The molecule has 0 saturated heterocycles. The summed E-state index contributed by atoms with van der Waals surface area (Å²) < 4.78 is 58.6. The predicted molar refractivity (Wildman–Crippen MR) is 290 cm³/mol. The van der Waals surface area contributed by atoms with Crippen LogP contribution in [0.2, 0.25) is 0 Å². The van der Waals surface area contributed by atoms with Crippen LogP contribution in [0.3, 0.4) is 0 Å². The molecule has 4 spiro atoms. The molecule has 10 rings (SSSR count). The molecule has 2 amide bonds. The van der Waals surface area contributed by atoms with Crippen LogP contribution in [-0.2, 0) is 62.7 Å². The van der Waals surface area contributed by atoms with Crippen LogP contribution in [0.25, 0.3) is 11.1 Å². The number of nitrogens with zero attached hydrogens (tertiary/aromatic N) is 4. The summed E-state index contributed by atoms with van der Waals surface area (Å²) >= 11 is 3.58. The number of carbonyl (C=O) groups excluding carboxylic acids is 2. The van der Waals surface area contributed by atoms with E-state index in [0.717, 1.165) is 103 Å². The van der Waals surface area contributed by atoms with Crippen LogP contribution in [0.4, 0.5) is 0 Å². The first-order chi connectivity index (χ1) is 34.8. The standard InChI is InChI=1S/C27H33N3O4S.C20H26BrN3O2.C7H9BO4S/c1-17(2)30-24(31)27(29-25(30)28)23-15-19(18-6-5-7-22(14-18)35(4,32)33)8-9-20(23)16-26(27)12-10-21(34-3)11-13-26;1-12(2)24-17(25)20(23-18(24)22)16-10-14(21)5-4-13(16)11-19(20)8-6-15(26-3)7-9-19;1-13(11,12)7-4-2-3-6(5-7)8(9)10/h5-9,14-15,17,21H,10-13,16H2,1-4H3,(H2,28,29);4-5,10,12,15H,6-9,11H2,1-3H3,(H2,22,23);2-5,9-10H,1H3. The smallest absolute Gasteiger partial charge is 0.423 e. The molecule has 2 fully saturated rings. The van der Waals surface area contributed by atoms with Crippen LogP contribution in [-0.4, -0.2) is 119 Å². The zero-order valence-corrected chi connectivity index (χ0v) is 46.6. The molecule has 4 aliphatic carbocycles. The number of carbonyl (C=O) groups is 2. The molecule has 396 valence electrons. The van der Waals surface area contributed by atoms with Crippen LogP contribution in [0, 0.1) is 10.8 Å². The molecular weight excluding hydrogens is 1050 g/mol. The molecule has 74 heavy (non-hydrogen) atoms. The highest BCUT2D eigenvalue weighted by Gasteiger charge is 2.68. The summed E-state index contributed by atoms with van der Waals surface area (Å²) in [6.45, 7) is 7.89. The lowest BCUT2D eigenvalue weighted by molar-refractivity contribution is -0.140. The Bertz CT molecular complexity index is 3140. The summed E-state index contributed by atoms with van der Waals surface area (Å²) in [7, 11) is -4.74. The van der Waals surface area contributed by atoms with Gasteiger partial charge in [0.25, 0.3) is 11.8 Å². The van der Waals surface area contributed by atoms with Gasteiger partial charge in [0.1, 0.15) is 0 Å². The highest BCUT2D eigenvalue weighted by molar-refractivity contribution is 9.10. The Labute approximate surface area is 444 Å². The van der Waals surface area contributed by atoms with Crippen LogP contribution in [0.5, 0.6) is 0 Å². The van der Waals surface area contributed by atoms with Gasteiger partial charge in [-0.3, -0.25) is 19.4 Å². The van der Waals surface area contributed by atoms with E-state index in [-0.39, 0.29) is 68.1 Å². The van der Waals surface area contributed by atoms with E-state index in [1.165, 1.54) is 36.1 Å². The van der Waals surface area contributed by atoms with Crippen molar-refractivity contribution in [1.82, 2.24) is 9.80 Å². The van der Waals surface area contributed by atoms with Gasteiger partial charge in [-0.2, -0.15) is 0 Å². The lowest BCUT2D eigenvalue weighted by atomic mass is 9.61. The van der Waals surface area contributed by atoms with Gasteiger partial charge in [-0.05, 0) is 173 Å². The number of fused-ring (bicyclic) bond motifs is 6. The minimum Gasteiger partial charge on any atom is -0.423 e. The van der Waals surface area contributed by atoms with Crippen LogP contribution < -0.4 is 16.9 Å². The van der Waals surface area contributed by atoms with Crippen molar-refractivity contribution in [3.05, 3.63) is 112 Å². The molecule has 4 aromatic rings. The maximum absolute atomic E-state index is 14.2. The number of methoxy groups -OCH3 is 2. The Kier molecular flexibility index (Phi) is 15.3. The Balaban J connectivity index is 0.000000164. The van der Waals surface area contributed by atoms with E-state index in [0.29, 0.717) is 5.96 Å². The van der Waals surface area contributed by atoms with Gasteiger partial charge in [-0.15, -0.1) is 0 Å². The molecule has 2 unspecified atom stereocenters. The van der Waals surface area contributed by atoms with Gasteiger partial charge in [0, 0.05) is 54.1 Å². The first-order valence-electron chi connectivity index (χ1n) is 25.1. The maximum atomic E-state index is 14.2. The Morgan fingerprint density at radius 1 is 0.635 bits per heavy atom. The number of nitrogens with two attached hydrogens (primary N) is 2. The third-order valence-corrected chi connectivity index (χ3v) is 19.0. The Morgan fingerprint density at radius 3 is 1.47 bits per heavy atom. The number of ether oxygens (including phenoxy) is 2. The number of guanidine groups is 2. The van der Waals surface area contributed by atoms with Crippen molar-refractivity contribution in [1.29, 1.82) is 0 Å². The molecule has 20 heteroatoms. The van der Waals surface area contributed by atoms with Gasteiger partial charge in [-0.25, -0.2) is 26.8 Å². The molecular formula is C54H68BBrN6O10S2. The van der Waals surface area contributed by atoms with Crippen LogP contribution >= 0.6 is 15.9 Å². The zero-order chi connectivity index (χ0) is 53.9. The number of amides is 2. The maximum Gasteiger partial charge on any atom is 0.488 e. The van der Waals surface area contributed by atoms with Crippen molar-refractivity contribution in [3.63, 3.8) is 0 Å². The molecule has 16 nitrogen and oxygen atoms in total. The summed E-state index contributed by atoms with van der Waals surface area (Å²) in [4.78, 5) is 41.6. The average molecular weight is 1120 g/mol. The number of benzene rings is 4. The summed E-state index contributed by atoms with van der Waals surface area (Å²) in [6.07, 6.45) is 11.5. The molecule has 6 N–H and O–H groups in total. The highest BCUT2D eigenvalue weighted by atomic mass is 79.9. The first kappa shape index (κ1) is 55.3. The van der Waals surface area contributed by atoms with Gasteiger partial charge in [-0.1, -0.05) is 58.4 Å². The minimum absolute atomic E-state index is 0.00538. The Hall–Kier alpha value is -4.96. The zero-order valence-electron chi connectivity index (χ0n) is 43.3. The van der Waals surface area contributed by atoms with E-state index < -0.39 is 37.9 Å². The number of hydrogen-bond donors (Lipinski definition) is 4. The van der Waals surface area contributed by atoms with E-state index in [9.17, 15) is 26.4 Å². The predicted octanol–water partition coefficient (Wildman–Crippen LogP) is 5.76. The van der Waals surface area contributed by atoms with Crippen LogP contribution in [0.15, 0.2) is 109 Å². The number of sulfone groups is 2. The van der Waals surface area contributed by atoms with Crippen molar-refractivity contribution in [2.24, 2.45) is 32.3 Å². The van der Waals surface area contributed by atoms with Gasteiger partial charge in [0.15, 0.2) is 42.7 Å². The lowest BCUT2D eigenvalue weighted by Crippen LogP contribution is -2.53. The van der Waals surface area contributed by atoms with E-state index in [1.54, 1.807) is 42.2 Å². The highest BCUT2D eigenvalue weighted by Crippen LogP contribution is 2.64. The number of halogens is 1. The van der Waals surface area contributed by atoms with Crippen molar-refractivity contribution < 1.29 is 45.9 Å². The molecule has 6 aliphatic rings. The summed E-state index contributed by atoms with van der Waals surface area (Å²) in [6, 6.07) is 24.8. The first-order valence-corrected chi connectivity index (χ1v) is 29.7. The fourth-order valence-electron chi connectivity index (χ4n) is 12.6. The molecule has 4 aromatic carbocycles. The second kappa shape index (κ2) is 20.5. The molecule has 2 aliphatic heterocycles. The topological polar surface area (TPSA) is 245 Å². The lowest BCUT2D eigenvalue weighted by Gasteiger charge is -2.45. The molecule has 0 radical (unpaired) electrons. The fraction of sp³-hybridized carbons (Fsp3) is 0.481. The number of rotatable bonds is 8. The van der Waals surface area contributed by atoms with Gasteiger partial charge < -0.3 is 31.0 Å². The van der Waals surface area contributed by atoms with Crippen molar-refractivity contribution in [2.45, 2.75) is 137 Å². The van der Waals surface area contributed by atoms with E-state index in [2.05, 4.69) is 40.2 Å². The van der Waals surface area contributed by atoms with Gasteiger partial charge >= 0.3 is 7.12 Å².